The number of benzene rings is 2. The highest BCUT2D eigenvalue weighted by molar-refractivity contribution is 5.80. The number of aromatic nitrogens is 5. The van der Waals surface area contributed by atoms with Crippen LogP contribution in [0.3, 0.4) is 0 Å². The zero-order valence-electron chi connectivity index (χ0n) is 17.7. The quantitative estimate of drug-likeness (QED) is 0.448. The molecule has 0 spiro atoms. The largest absolute Gasteiger partial charge is 0.361 e. The van der Waals surface area contributed by atoms with Crippen LogP contribution in [0.25, 0.3) is 39.8 Å². The third-order valence-electron chi connectivity index (χ3n) is 6.24. The van der Waals surface area contributed by atoms with Crippen LogP contribution in [-0.4, -0.2) is 24.7 Å². The number of imidazole rings is 1. The fourth-order valence-electron chi connectivity index (χ4n) is 4.28. The van der Waals surface area contributed by atoms with Crippen molar-refractivity contribution < 1.29 is 4.52 Å². The van der Waals surface area contributed by atoms with Crippen LogP contribution < -0.4 is 5.73 Å². The van der Waals surface area contributed by atoms with Gasteiger partial charge in [-0.05, 0) is 43.9 Å². The smallest absolute Gasteiger partial charge is 0.169 e. The minimum atomic E-state index is -0.204. The van der Waals surface area contributed by atoms with E-state index in [9.17, 15) is 0 Å². The first-order valence-corrected chi connectivity index (χ1v) is 10.8. The highest BCUT2D eigenvalue weighted by atomic mass is 16.5. The first kappa shape index (κ1) is 18.9. The molecule has 2 N–H and O–H groups in total. The van der Waals surface area contributed by atoms with Crippen LogP contribution in [0, 0.1) is 6.92 Å². The maximum atomic E-state index is 6.53. The third-order valence-corrected chi connectivity index (χ3v) is 6.24. The molecule has 0 bridgehead atoms. The van der Waals surface area contributed by atoms with Gasteiger partial charge in [0.25, 0.3) is 0 Å². The van der Waals surface area contributed by atoms with E-state index in [0.717, 1.165) is 35.4 Å². The third kappa shape index (κ3) is 3.01. The van der Waals surface area contributed by atoms with Crippen LogP contribution in [0.15, 0.2) is 71.4 Å². The van der Waals surface area contributed by atoms with Crippen molar-refractivity contribution in [2.24, 2.45) is 5.73 Å². The predicted molar refractivity (Wildman–Crippen MR) is 122 cm³/mol. The highest BCUT2D eigenvalue weighted by Crippen LogP contribution is 2.39. The summed E-state index contributed by atoms with van der Waals surface area (Å²) in [6.07, 6.45) is 4.99. The zero-order chi connectivity index (χ0) is 21.7. The second kappa shape index (κ2) is 7.10. The molecule has 7 heteroatoms. The second-order valence-electron chi connectivity index (χ2n) is 8.42. The van der Waals surface area contributed by atoms with E-state index in [1.165, 1.54) is 6.42 Å². The van der Waals surface area contributed by atoms with E-state index in [1.807, 2.05) is 47.9 Å². The Kier molecular flexibility index (Phi) is 4.19. The van der Waals surface area contributed by atoms with E-state index < -0.39 is 0 Å². The van der Waals surface area contributed by atoms with Gasteiger partial charge < -0.3 is 10.3 Å². The molecule has 1 saturated carbocycles. The van der Waals surface area contributed by atoms with Crippen molar-refractivity contribution in [1.82, 2.24) is 24.7 Å². The van der Waals surface area contributed by atoms with Gasteiger partial charge in [-0.3, -0.25) is 4.57 Å². The second-order valence-corrected chi connectivity index (χ2v) is 8.42. The average molecular weight is 422 g/mol. The lowest BCUT2D eigenvalue weighted by Crippen LogP contribution is -2.43. The van der Waals surface area contributed by atoms with Gasteiger partial charge in [-0.15, -0.1) is 0 Å². The topological polar surface area (TPSA) is 95.7 Å². The van der Waals surface area contributed by atoms with Crippen molar-refractivity contribution in [3.63, 3.8) is 0 Å². The monoisotopic (exact) mass is 422 g/mol. The lowest BCUT2D eigenvalue weighted by atomic mass is 9.73. The summed E-state index contributed by atoms with van der Waals surface area (Å²) in [4.78, 5) is 14.2. The highest BCUT2D eigenvalue weighted by Gasteiger charge is 2.34. The Morgan fingerprint density at radius 1 is 1.00 bits per heavy atom. The van der Waals surface area contributed by atoms with E-state index in [0.29, 0.717) is 28.5 Å². The minimum absolute atomic E-state index is 0.204. The Morgan fingerprint density at radius 3 is 2.44 bits per heavy atom. The predicted octanol–water partition coefficient (Wildman–Crippen LogP) is 4.78. The average Bonchev–Trinajstić information content (AvgIpc) is 3.41. The summed E-state index contributed by atoms with van der Waals surface area (Å²) >= 11 is 0. The number of aryl methyl sites for hydroxylation is 1. The van der Waals surface area contributed by atoms with Crippen molar-refractivity contribution in [1.29, 1.82) is 0 Å². The fraction of sp³-hybridized carbons (Fsp3) is 0.200. The Bertz CT molecular complexity index is 1410. The molecule has 0 atom stereocenters. The molecule has 1 fully saturated rings. The molecule has 7 nitrogen and oxygen atoms in total. The maximum Gasteiger partial charge on any atom is 0.169 e. The van der Waals surface area contributed by atoms with E-state index in [2.05, 4.69) is 34.4 Å². The standard InChI is InChI=1S/C25H22N6O/c1-16-14-20(30-32-16)23-28-21-15-27-22(17-6-3-2-4-7-17)29-24(21)31(23)19-10-8-18(9-11-19)25(26)12-5-13-25/h2-4,6-11,14-15H,5,12-13,26H2,1H3. The fourth-order valence-corrected chi connectivity index (χ4v) is 4.28. The Hall–Kier alpha value is -3.84. The van der Waals surface area contributed by atoms with Crippen molar-refractivity contribution in [2.45, 2.75) is 31.7 Å². The Balaban J connectivity index is 1.55. The molecular formula is C25H22N6O. The molecule has 0 radical (unpaired) electrons. The van der Waals surface area contributed by atoms with Gasteiger partial charge in [0.15, 0.2) is 17.3 Å². The van der Waals surface area contributed by atoms with Crippen LogP contribution >= 0.6 is 0 Å². The molecule has 158 valence electrons. The van der Waals surface area contributed by atoms with E-state index in [1.54, 1.807) is 6.20 Å². The van der Waals surface area contributed by atoms with Crippen molar-refractivity contribution >= 4 is 11.2 Å². The van der Waals surface area contributed by atoms with Crippen LogP contribution in [0.2, 0.25) is 0 Å². The van der Waals surface area contributed by atoms with Crippen molar-refractivity contribution in [2.75, 3.05) is 0 Å². The molecule has 32 heavy (non-hydrogen) atoms. The molecule has 5 aromatic rings. The molecule has 0 unspecified atom stereocenters. The Labute approximate surface area is 184 Å². The van der Waals surface area contributed by atoms with Crippen molar-refractivity contribution in [3.8, 4) is 28.6 Å². The van der Waals surface area contributed by atoms with Gasteiger partial charge in [0.2, 0.25) is 0 Å². The van der Waals surface area contributed by atoms with Gasteiger partial charge in [0.05, 0.1) is 6.20 Å². The number of hydrogen-bond donors (Lipinski definition) is 1. The van der Waals surface area contributed by atoms with Crippen LogP contribution in [0.5, 0.6) is 0 Å². The number of nitrogens with zero attached hydrogens (tertiary/aromatic N) is 5. The van der Waals surface area contributed by atoms with Gasteiger partial charge in [-0.2, -0.15) is 0 Å². The van der Waals surface area contributed by atoms with Gasteiger partial charge in [0, 0.05) is 22.9 Å². The lowest BCUT2D eigenvalue weighted by Gasteiger charge is -2.38. The first-order chi connectivity index (χ1) is 15.6. The SMILES string of the molecule is Cc1cc(-c2nc3cnc(-c4ccccc4)nc3n2-c2ccc(C3(N)CCC3)cc2)no1. The zero-order valence-corrected chi connectivity index (χ0v) is 17.7. The molecule has 1 aliphatic carbocycles. The summed E-state index contributed by atoms with van der Waals surface area (Å²) in [7, 11) is 0. The number of nitrogens with two attached hydrogens (primary N) is 1. The number of fused-ring (bicyclic) bond motifs is 1. The lowest BCUT2D eigenvalue weighted by molar-refractivity contribution is 0.253. The van der Waals surface area contributed by atoms with E-state index >= 15 is 0 Å². The summed E-state index contributed by atoms with van der Waals surface area (Å²) in [5, 5.41) is 4.20. The summed E-state index contributed by atoms with van der Waals surface area (Å²) < 4.78 is 7.34. The van der Waals surface area contributed by atoms with Crippen LogP contribution in [0.1, 0.15) is 30.6 Å². The first-order valence-electron chi connectivity index (χ1n) is 10.8. The van der Waals surface area contributed by atoms with Gasteiger partial charge in [0.1, 0.15) is 17.0 Å². The van der Waals surface area contributed by atoms with Crippen LogP contribution in [-0.2, 0) is 5.54 Å². The minimum Gasteiger partial charge on any atom is -0.361 e. The van der Waals surface area contributed by atoms with E-state index in [-0.39, 0.29) is 5.54 Å². The summed E-state index contributed by atoms with van der Waals surface area (Å²) in [6, 6.07) is 20.2. The molecule has 3 aromatic heterocycles. The number of hydrogen-bond acceptors (Lipinski definition) is 6. The number of rotatable bonds is 4. The summed E-state index contributed by atoms with van der Waals surface area (Å²) in [5.74, 6) is 2.03. The maximum absolute atomic E-state index is 6.53. The summed E-state index contributed by atoms with van der Waals surface area (Å²) in [5.41, 5.74) is 11.4. The van der Waals surface area contributed by atoms with E-state index in [4.69, 9.17) is 20.2 Å². The van der Waals surface area contributed by atoms with Crippen LogP contribution in [0.4, 0.5) is 0 Å². The van der Waals surface area contributed by atoms with Gasteiger partial charge in [-0.1, -0.05) is 47.6 Å². The Morgan fingerprint density at radius 2 is 1.78 bits per heavy atom. The molecule has 0 aliphatic heterocycles. The van der Waals surface area contributed by atoms with Gasteiger partial charge >= 0.3 is 0 Å². The summed E-state index contributed by atoms with van der Waals surface area (Å²) in [6.45, 7) is 1.87. The van der Waals surface area contributed by atoms with Gasteiger partial charge in [-0.25, -0.2) is 15.0 Å². The molecule has 6 rings (SSSR count). The molecule has 2 aromatic carbocycles. The molecule has 1 aliphatic rings. The molecule has 0 saturated heterocycles. The molecular weight excluding hydrogens is 400 g/mol. The molecule has 3 heterocycles. The normalized spacial score (nSPS) is 15.1. The molecule has 0 amide bonds. The van der Waals surface area contributed by atoms with Crippen molar-refractivity contribution in [3.05, 3.63) is 78.2 Å².